The number of anilines is 1. The zero-order chi connectivity index (χ0) is 15.3. The van der Waals surface area contributed by atoms with Gasteiger partial charge in [0, 0.05) is 24.5 Å². The fraction of sp³-hybridized carbons (Fsp3) is 0.333. The molecule has 0 saturated carbocycles. The number of hydrogen-bond donors (Lipinski definition) is 2. The van der Waals surface area contributed by atoms with Gasteiger partial charge in [-0.3, -0.25) is 4.79 Å². The summed E-state index contributed by atoms with van der Waals surface area (Å²) in [7, 11) is 1.57. The zero-order valence-electron chi connectivity index (χ0n) is 10.6. The van der Waals surface area contributed by atoms with Gasteiger partial charge in [0.15, 0.2) is 0 Å². The predicted octanol–water partition coefficient (Wildman–Crippen LogP) is 4.08. The van der Waals surface area contributed by atoms with Gasteiger partial charge in [-0.1, -0.05) is 39.1 Å². The molecule has 20 heavy (non-hydrogen) atoms. The lowest BCUT2D eigenvalue weighted by Gasteiger charge is -2.18. The van der Waals surface area contributed by atoms with Crippen molar-refractivity contribution < 1.29 is 14.7 Å². The maximum atomic E-state index is 11.9. The fourth-order valence-corrected chi connectivity index (χ4v) is 2.74. The molecule has 0 spiro atoms. The molecule has 0 aliphatic carbocycles. The molecule has 0 saturated heterocycles. The van der Waals surface area contributed by atoms with E-state index in [9.17, 15) is 9.59 Å². The number of rotatable bonds is 5. The molecule has 0 fully saturated rings. The third-order valence-corrected chi connectivity index (χ3v) is 3.52. The minimum absolute atomic E-state index is 0.0113. The minimum Gasteiger partial charge on any atom is -0.481 e. The minimum atomic E-state index is -0.891. The number of carbonyl (C=O) groups excluding carboxylic acids is 1. The summed E-state index contributed by atoms with van der Waals surface area (Å²) in [5.41, 5.74) is 0.326. The summed E-state index contributed by atoms with van der Waals surface area (Å²) in [4.78, 5) is 23.7. The molecular formula is C12H13BrCl2N2O3. The molecule has 0 unspecified atom stereocenters. The van der Waals surface area contributed by atoms with Crippen LogP contribution in [0.25, 0.3) is 0 Å². The summed E-state index contributed by atoms with van der Waals surface area (Å²) < 4.78 is 0.709. The largest absolute Gasteiger partial charge is 0.481 e. The molecule has 0 aliphatic heterocycles. The maximum Gasteiger partial charge on any atom is 0.321 e. The van der Waals surface area contributed by atoms with Crippen LogP contribution in [0, 0.1) is 0 Å². The second kappa shape index (κ2) is 7.71. The molecule has 2 N–H and O–H groups in total. The van der Waals surface area contributed by atoms with Crippen LogP contribution in [-0.2, 0) is 4.79 Å². The molecule has 5 nitrogen and oxygen atoms in total. The Labute approximate surface area is 135 Å². The van der Waals surface area contributed by atoms with Crippen LogP contribution in [0.15, 0.2) is 16.6 Å². The highest BCUT2D eigenvalue weighted by molar-refractivity contribution is 9.10. The summed E-state index contributed by atoms with van der Waals surface area (Å²) in [6.07, 6.45) is 0.387. The number of carboxylic acid groups (broad SMARTS) is 1. The van der Waals surface area contributed by atoms with E-state index in [0.29, 0.717) is 33.2 Å². The Balaban J connectivity index is 2.64. The Morgan fingerprint density at radius 2 is 1.90 bits per heavy atom. The van der Waals surface area contributed by atoms with Crippen LogP contribution in [0.2, 0.25) is 10.0 Å². The summed E-state index contributed by atoms with van der Waals surface area (Å²) in [5, 5.41) is 11.8. The molecule has 1 aromatic carbocycles. The lowest BCUT2D eigenvalue weighted by atomic mass is 10.3. The topological polar surface area (TPSA) is 69.6 Å². The van der Waals surface area contributed by atoms with E-state index in [2.05, 4.69) is 21.2 Å². The highest BCUT2D eigenvalue weighted by Gasteiger charge is 2.14. The van der Waals surface area contributed by atoms with Crippen molar-refractivity contribution in [2.45, 2.75) is 12.8 Å². The van der Waals surface area contributed by atoms with Crippen LogP contribution in [0.5, 0.6) is 0 Å². The lowest BCUT2D eigenvalue weighted by molar-refractivity contribution is -0.137. The van der Waals surface area contributed by atoms with Crippen molar-refractivity contribution >= 4 is 56.8 Å². The van der Waals surface area contributed by atoms with Crippen LogP contribution in [0.4, 0.5) is 10.5 Å². The molecule has 0 radical (unpaired) electrons. The first-order chi connectivity index (χ1) is 9.31. The molecule has 0 aromatic heterocycles. The van der Waals surface area contributed by atoms with Crippen LogP contribution >= 0.6 is 39.1 Å². The summed E-state index contributed by atoms with van der Waals surface area (Å²) in [5.74, 6) is -0.891. The number of aliphatic carboxylic acids is 1. The quantitative estimate of drug-likeness (QED) is 0.804. The number of amides is 2. The number of carbonyl (C=O) groups is 2. The molecule has 0 heterocycles. The number of nitrogens with zero attached hydrogens (tertiary/aromatic N) is 1. The molecule has 0 bridgehead atoms. The molecule has 0 aliphatic rings. The van der Waals surface area contributed by atoms with Gasteiger partial charge in [0.2, 0.25) is 0 Å². The number of urea groups is 1. The van der Waals surface area contributed by atoms with Crippen molar-refractivity contribution in [3.05, 3.63) is 26.7 Å². The number of benzene rings is 1. The second-order valence-electron chi connectivity index (χ2n) is 4.09. The maximum absolute atomic E-state index is 11.9. The third kappa shape index (κ3) is 5.19. The Hall–Kier alpha value is -0.980. The Kier molecular flexibility index (Phi) is 6.58. The summed E-state index contributed by atoms with van der Waals surface area (Å²) >= 11 is 15.3. The summed E-state index contributed by atoms with van der Waals surface area (Å²) in [6.45, 7) is 0.323. The number of hydrogen-bond acceptors (Lipinski definition) is 2. The monoisotopic (exact) mass is 382 g/mol. The first kappa shape index (κ1) is 17.1. The van der Waals surface area contributed by atoms with Gasteiger partial charge in [0.25, 0.3) is 0 Å². The Morgan fingerprint density at radius 3 is 2.40 bits per heavy atom. The first-order valence-electron chi connectivity index (χ1n) is 5.69. The van der Waals surface area contributed by atoms with Crippen molar-refractivity contribution in [3.63, 3.8) is 0 Å². The van der Waals surface area contributed by atoms with E-state index in [1.807, 2.05) is 0 Å². The molecule has 0 atom stereocenters. The van der Waals surface area contributed by atoms with E-state index in [0.717, 1.165) is 0 Å². The van der Waals surface area contributed by atoms with Crippen molar-refractivity contribution in [3.8, 4) is 0 Å². The predicted molar refractivity (Wildman–Crippen MR) is 82.7 cm³/mol. The van der Waals surface area contributed by atoms with E-state index in [4.69, 9.17) is 28.3 Å². The van der Waals surface area contributed by atoms with Gasteiger partial charge in [-0.05, 0) is 18.6 Å². The molecule has 8 heteroatoms. The number of carboxylic acids is 1. The summed E-state index contributed by atoms with van der Waals surface area (Å²) in [6, 6.07) is 2.84. The molecule has 1 rings (SSSR count). The second-order valence-corrected chi connectivity index (χ2v) is 5.82. The highest BCUT2D eigenvalue weighted by Crippen LogP contribution is 2.33. The first-order valence-corrected chi connectivity index (χ1v) is 7.24. The number of halogens is 3. The molecular weight excluding hydrogens is 371 g/mol. The van der Waals surface area contributed by atoms with Crippen molar-refractivity contribution in [2.24, 2.45) is 0 Å². The van der Waals surface area contributed by atoms with E-state index in [1.165, 1.54) is 4.90 Å². The van der Waals surface area contributed by atoms with E-state index >= 15 is 0 Å². The average molecular weight is 384 g/mol. The van der Waals surface area contributed by atoms with E-state index in [1.54, 1.807) is 19.2 Å². The highest BCUT2D eigenvalue weighted by atomic mass is 79.9. The third-order valence-electron chi connectivity index (χ3n) is 2.47. The average Bonchev–Trinajstić information content (AvgIpc) is 2.32. The smallest absolute Gasteiger partial charge is 0.321 e. The van der Waals surface area contributed by atoms with Gasteiger partial charge >= 0.3 is 12.0 Å². The van der Waals surface area contributed by atoms with Crippen molar-refractivity contribution in [1.82, 2.24) is 4.90 Å². The van der Waals surface area contributed by atoms with Crippen LogP contribution in [0.3, 0.4) is 0 Å². The van der Waals surface area contributed by atoms with E-state index in [-0.39, 0.29) is 6.42 Å². The van der Waals surface area contributed by atoms with Crippen LogP contribution in [0.1, 0.15) is 12.8 Å². The van der Waals surface area contributed by atoms with Gasteiger partial charge < -0.3 is 15.3 Å². The van der Waals surface area contributed by atoms with Crippen LogP contribution < -0.4 is 5.32 Å². The standard InChI is InChI=1S/C12H13BrCl2N2O3/c1-17(4-2-3-10(18)19)12(20)16-11-8(14)5-7(13)6-9(11)15/h5-6H,2-4H2,1H3,(H,16,20)(H,18,19). The number of nitrogens with one attached hydrogen (secondary N) is 1. The van der Waals surface area contributed by atoms with E-state index < -0.39 is 12.0 Å². The zero-order valence-corrected chi connectivity index (χ0v) is 13.7. The SMILES string of the molecule is CN(CCCC(=O)O)C(=O)Nc1c(Cl)cc(Br)cc1Cl. The Morgan fingerprint density at radius 1 is 1.35 bits per heavy atom. The fourth-order valence-electron chi connectivity index (χ4n) is 1.43. The normalized spacial score (nSPS) is 10.2. The lowest BCUT2D eigenvalue weighted by Crippen LogP contribution is -2.32. The molecule has 110 valence electrons. The van der Waals surface area contributed by atoms with Gasteiger partial charge in [-0.15, -0.1) is 0 Å². The van der Waals surface area contributed by atoms with Gasteiger partial charge in [0.1, 0.15) is 0 Å². The van der Waals surface area contributed by atoms with Gasteiger partial charge in [0.05, 0.1) is 15.7 Å². The van der Waals surface area contributed by atoms with Gasteiger partial charge in [-0.2, -0.15) is 0 Å². The van der Waals surface area contributed by atoms with Gasteiger partial charge in [-0.25, -0.2) is 4.79 Å². The molecule has 1 aromatic rings. The van der Waals surface area contributed by atoms with Crippen molar-refractivity contribution in [1.29, 1.82) is 0 Å². The van der Waals surface area contributed by atoms with Crippen LogP contribution in [-0.4, -0.2) is 35.6 Å². The Bertz CT molecular complexity index is 502. The van der Waals surface area contributed by atoms with Crippen molar-refractivity contribution in [2.75, 3.05) is 18.9 Å². The molecule has 2 amide bonds.